The maximum Gasteiger partial charge on any atom is 0.242 e. The molecule has 9 heteroatoms. The number of nitrogens with zero attached hydrogens (tertiary/aromatic N) is 2. The normalized spacial score (nSPS) is 11.5. The summed E-state index contributed by atoms with van der Waals surface area (Å²) in [6.07, 6.45) is 2.85. The topological polar surface area (TPSA) is 95.5 Å². The maximum atomic E-state index is 12.3. The molecule has 0 spiro atoms. The summed E-state index contributed by atoms with van der Waals surface area (Å²) < 4.78 is 27.1. The van der Waals surface area contributed by atoms with Crippen molar-refractivity contribution >= 4 is 45.6 Å². The first-order chi connectivity index (χ1) is 14.5. The second kappa shape index (κ2) is 12.4. The van der Waals surface area contributed by atoms with Gasteiger partial charge in [-0.3, -0.25) is 4.98 Å². The van der Waals surface area contributed by atoms with Crippen LogP contribution in [0.15, 0.2) is 89.0 Å². The van der Waals surface area contributed by atoms with E-state index in [1.54, 1.807) is 6.07 Å². The number of guanidine groups is 1. The highest BCUT2D eigenvalue weighted by Gasteiger charge is 2.12. The first-order valence-electron chi connectivity index (χ1n) is 9.58. The van der Waals surface area contributed by atoms with E-state index in [4.69, 9.17) is 0 Å². The van der Waals surface area contributed by atoms with Crippen LogP contribution in [0, 0.1) is 6.92 Å². The van der Waals surface area contributed by atoms with E-state index in [-0.39, 0.29) is 35.4 Å². The molecule has 3 rings (SSSR count). The summed E-state index contributed by atoms with van der Waals surface area (Å²) in [4.78, 5) is 8.61. The summed E-state index contributed by atoms with van der Waals surface area (Å²) in [6, 6.07) is 21.0. The Balaban J connectivity index is 0.00000341. The van der Waals surface area contributed by atoms with E-state index in [0.29, 0.717) is 19.0 Å². The van der Waals surface area contributed by atoms with Gasteiger partial charge in [0.2, 0.25) is 10.0 Å². The molecule has 1 heterocycles. The predicted molar refractivity (Wildman–Crippen MR) is 135 cm³/mol. The second-order valence-electron chi connectivity index (χ2n) is 6.65. The summed E-state index contributed by atoms with van der Waals surface area (Å²) in [7, 11) is -3.59. The van der Waals surface area contributed by atoms with Gasteiger partial charge in [0.05, 0.1) is 6.54 Å². The van der Waals surface area contributed by atoms with Crippen molar-refractivity contribution in [1.82, 2.24) is 15.0 Å². The van der Waals surface area contributed by atoms with Gasteiger partial charge in [0, 0.05) is 31.2 Å². The van der Waals surface area contributed by atoms with Gasteiger partial charge >= 0.3 is 0 Å². The van der Waals surface area contributed by atoms with Gasteiger partial charge in [0.15, 0.2) is 5.96 Å². The minimum Gasteiger partial charge on any atom is -0.355 e. The molecule has 31 heavy (non-hydrogen) atoms. The number of aryl methyl sites for hydroxylation is 1. The van der Waals surface area contributed by atoms with Gasteiger partial charge in [-0.25, -0.2) is 18.1 Å². The van der Waals surface area contributed by atoms with Gasteiger partial charge in [0.1, 0.15) is 4.90 Å². The monoisotopic (exact) mass is 551 g/mol. The molecule has 2 aromatic carbocycles. The Hall–Kier alpha value is -2.50. The molecule has 1 aromatic heterocycles. The lowest BCUT2D eigenvalue weighted by Gasteiger charge is -2.13. The van der Waals surface area contributed by atoms with Crippen molar-refractivity contribution in [3.8, 4) is 0 Å². The molecule has 0 atom stereocenters. The molecule has 0 amide bonds. The molecule has 0 fully saturated rings. The summed E-state index contributed by atoms with van der Waals surface area (Å²) in [5.41, 5.74) is 3.18. The predicted octanol–water partition coefficient (Wildman–Crippen LogP) is 3.54. The average Bonchev–Trinajstić information content (AvgIpc) is 2.77. The van der Waals surface area contributed by atoms with E-state index >= 15 is 0 Å². The van der Waals surface area contributed by atoms with Gasteiger partial charge in [-0.15, -0.1) is 24.0 Å². The molecule has 0 saturated carbocycles. The van der Waals surface area contributed by atoms with E-state index in [9.17, 15) is 8.42 Å². The molecule has 0 saturated heterocycles. The SMILES string of the molecule is Cc1ccc(CN=C(NCCNS(=O)(=O)c2cccnc2)Nc2ccccc2)cc1.I. The third kappa shape index (κ3) is 8.27. The van der Waals surface area contributed by atoms with Crippen LogP contribution in [0.5, 0.6) is 0 Å². The van der Waals surface area contributed by atoms with Crippen LogP contribution in [-0.4, -0.2) is 32.5 Å². The maximum absolute atomic E-state index is 12.3. The number of hydrogen-bond acceptors (Lipinski definition) is 4. The second-order valence-corrected chi connectivity index (χ2v) is 8.42. The summed E-state index contributed by atoms with van der Waals surface area (Å²) in [5.74, 6) is 0.572. The number of nitrogens with one attached hydrogen (secondary N) is 3. The summed E-state index contributed by atoms with van der Waals surface area (Å²) in [6.45, 7) is 3.12. The highest BCUT2D eigenvalue weighted by molar-refractivity contribution is 14.0. The Kier molecular flexibility index (Phi) is 9.89. The van der Waals surface area contributed by atoms with Crippen molar-refractivity contribution in [2.75, 3.05) is 18.4 Å². The van der Waals surface area contributed by atoms with Crippen molar-refractivity contribution in [1.29, 1.82) is 0 Å². The Morgan fingerprint density at radius 1 is 0.968 bits per heavy atom. The lowest BCUT2D eigenvalue weighted by molar-refractivity contribution is 0.580. The van der Waals surface area contributed by atoms with Crippen LogP contribution in [0.2, 0.25) is 0 Å². The van der Waals surface area contributed by atoms with Crippen molar-refractivity contribution in [3.05, 3.63) is 90.3 Å². The van der Waals surface area contributed by atoms with Gasteiger partial charge in [0.25, 0.3) is 0 Å². The Morgan fingerprint density at radius 2 is 1.71 bits per heavy atom. The number of sulfonamides is 1. The highest BCUT2D eigenvalue weighted by Crippen LogP contribution is 2.07. The molecular weight excluding hydrogens is 525 g/mol. The highest BCUT2D eigenvalue weighted by atomic mass is 127. The van der Waals surface area contributed by atoms with Crippen molar-refractivity contribution in [2.45, 2.75) is 18.4 Å². The van der Waals surface area contributed by atoms with Gasteiger partial charge in [-0.2, -0.15) is 0 Å². The zero-order valence-electron chi connectivity index (χ0n) is 17.2. The number of pyridine rings is 1. The molecule has 0 bridgehead atoms. The fourth-order valence-electron chi connectivity index (χ4n) is 2.62. The van der Waals surface area contributed by atoms with Crippen LogP contribution >= 0.6 is 24.0 Å². The Bertz CT molecular complexity index is 1060. The Labute approximate surface area is 200 Å². The molecule has 0 unspecified atom stereocenters. The molecule has 7 nitrogen and oxygen atoms in total. The van der Waals surface area contributed by atoms with Crippen LogP contribution in [0.4, 0.5) is 5.69 Å². The summed E-state index contributed by atoms with van der Waals surface area (Å²) in [5, 5.41) is 6.41. The minimum atomic E-state index is -3.59. The lowest BCUT2D eigenvalue weighted by atomic mass is 10.1. The quantitative estimate of drug-likeness (QED) is 0.172. The van der Waals surface area contributed by atoms with Gasteiger partial charge < -0.3 is 10.6 Å². The molecule has 164 valence electrons. The largest absolute Gasteiger partial charge is 0.355 e. The van der Waals surface area contributed by atoms with Crippen molar-refractivity contribution in [2.24, 2.45) is 4.99 Å². The van der Waals surface area contributed by atoms with Crippen molar-refractivity contribution < 1.29 is 8.42 Å². The molecule has 0 aliphatic rings. The van der Waals surface area contributed by atoms with E-state index in [0.717, 1.165) is 11.3 Å². The average molecular weight is 551 g/mol. The van der Waals surface area contributed by atoms with Crippen LogP contribution in [0.25, 0.3) is 0 Å². The van der Waals surface area contributed by atoms with E-state index < -0.39 is 10.0 Å². The van der Waals surface area contributed by atoms with E-state index in [1.165, 1.54) is 24.0 Å². The first-order valence-corrected chi connectivity index (χ1v) is 11.1. The molecule has 0 aliphatic carbocycles. The number of hydrogen-bond donors (Lipinski definition) is 3. The molecule has 3 N–H and O–H groups in total. The third-order valence-corrected chi connectivity index (χ3v) is 5.68. The minimum absolute atomic E-state index is 0. The Morgan fingerprint density at radius 3 is 2.39 bits per heavy atom. The van der Waals surface area contributed by atoms with Crippen LogP contribution in [0.3, 0.4) is 0 Å². The van der Waals surface area contributed by atoms with Gasteiger partial charge in [-0.1, -0.05) is 48.0 Å². The fraction of sp³-hybridized carbons (Fsp3) is 0.182. The number of benzene rings is 2. The standard InChI is InChI=1S/C22H25N5O2S.HI/c1-18-9-11-19(12-10-18)16-25-22(27-20-6-3-2-4-7-20)24-14-15-26-30(28,29)21-8-5-13-23-17-21;/h2-13,17,26H,14-16H2,1H3,(H2,24,25,27);1H. The van der Waals surface area contributed by atoms with Gasteiger partial charge in [-0.05, 0) is 36.8 Å². The number of aliphatic imine (C=N–C) groups is 1. The number of halogens is 1. The molecule has 0 radical (unpaired) electrons. The number of aromatic nitrogens is 1. The van der Waals surface area contributed by atoms with Crippen LogP contribution in [-0.2, 0) is 16.6 Å². The molecule has 3 aromatic rings. The zero-order chi connectivity index (χ0) is 21.2. The number of rotatable bonds is 8. The molecule has 0 aliphatic heterocycles. The molecular formula is C22H26IN5O2S. The fourth-order valence-corrected chi connectivity index (χ4v) is 3.61. The van der Waals surface area contributed by atoms with Crippen LogP contribution < -0.4 is 15.4 Å². The third-order valence-electron chi connectivity index (χ3n) is 4.23. The summed E-state index contributed by atoms with van der Waals surface area (Å²) >= 11 is 0. The van der Waals surface area contributed by atoms with Crippen molar-refractivity contribution in [3.63, 3.8) is 0 Å². The smallest absolute Gasteiger partial charge is 0.242 e. The van der Waals surface area contributed by atoms with Crippen LogP contribution in [0.1, 0.15) is 11.1 Å². The zero-order valence-corrected chi connectivity index (χ0v) is 20.3. The lowest BCUT2D eigenvalue weighted by Crippen LogP contribution is -2.38. The van der Waals surface area contributed by atoms with E-state index in [1.807, 2.05) is 49.4 Å². The number of para-hydroxylation sites is 1. The van der Waals surface area contributed by atoms with E-state index in [2.05, 4.69) is 37.5 Å². The number of anilines is 1. The first kappa shape index (κ1) is 24.8.